The average Bonchev–Trinajstić information content (AvgIpc) is 2.26. The van der Waals surface area contributed by atoms with E-state index in [1.54, 1.807) is 18.2 Å². The van der Waals surface area contributed by atoms with Gasteiger partial charge in [-0.3, -0.25) is 0 Å². The molecule has 0 spiro atoms. The summed E-state index contributed by atoms with van der Waals surface area (Å²) in [5.41, 5.74) is 1.03. The molecule has 1 atom stereocenters. The van der Waals surface area contributed by atoms with Crippen molar-refractivity contribution >= 4 is 39.1 Å². The normalized spacial score (nSPS) is 12.5. The maximum Gasteiger partial charge on any atom is 0.130 e. The first kappa shape index (κ1) is 13.8. The number of hydrogen-bond donors (Lipinski definition) is 0. The Morgan fingerprint density at radius 1 is 0.944 bits per heavy atom. The molecule has 0 aliphatic rings. The quantitative estimate of drug-likeness (QED) is 0.604. The van der Waals surface area contributed by atoms with Crippen molar-refractivity contribution in [3.05, 3.63) is 69.2 Å². The van der Waals surface area contributed by atoms with Crippen LogP contribution in [-0.2, 0) is 0 Å². The lowest BCUT2D eigenvalue weighted by molar-refractivity contribution is 0.574. The van der Waals surface area contributed by atoms with Gasteiger partial charge in [0.05, 0.1) is 4.83 Å². The van der Waals surface area contributed by atoms with E-state index in [9.17, 15) is 8.78 Å². The monoisotopic (exact) mass is 350 g/mol. The lowest BCUT2D eigenvalue weighted by atomic mass is 10.0. The third-order valence-corrected chi connectivity index (χ3v) is 3.87. The molecule has 2 rings (SSSR count). The van der Waals surface area contributed by atoms with E-state index in [-0.39, 0.29) is 0 Å². The summed E-state index contributed by atoms with van der Waals surface area (Å²) in [7, 11) is 0. The topological polar surface area (TPSA) is 0 Å². The van der Waals surface area contributed by atoms with E-state index >= 15 is 0 Å². The zero-order chi connectivity index (χ0) is 13.3. The minimum atomic E-state index is -0.618. The van der Waals surface area contributed by atoms with Crippen LogP contribution in [0.2, 0.25) is 10.0 Å². The standard InChI is InChI=1S/C13H7BrCl2F2/c14-13(7-3-8(15)5-9(16)4-7)11-2-1-10(17)6-12(11)18/h1-6,13H. The summed E-state index contributed by atoms with van der Waals surface area (Å²) in [6.07, 6.45) is 0. The van der Waals surface area contributed by atoms with Gasteiger partial charge < -0.3 is 0 Å². The molecule has 5 heteroatoms. The number of halogens is 5. The third-order valence-electron chi connectivity index (χ3n) is 2.41. The Kier molecular flexibility index (Phi) is 4.25. The van der Waals surface area contributed by atoms with Crippen LogP contribution in [-0.4, -0.2) is 0 Å². The Hall–Kier alpha value is -0.640. The number of alkyl halides is 1. The predicted octanol–water partition coefficient (Wildman–Crippen LogP) is 5.76. The predicted molar refractivity (Wildman–Crippen MR) is 73.6 cm³/mol. The molecule has 0 nitrogen and oxygen atoms in total. The van der Waals surface area contributed by atoms with Crippen molar-refractivity contribution in [1.29, 1.82) is 0 Å². The second-order valence-electron chi connectivity index (χ2n) is 3.73. The molecule has 0 aliphatic heterocycles. The van der Waals surface area contributed by atoms with Crippen molar-refractivity contribution in [2.45, 2.75) is 4.83 Å². The molecule has 0 saturated carbocycles. The Labute approximate surface area is 122 Å². The zero-order valence-corrected chi connectivity index (χ0v) is 12.0. The summed E-state index contributed by atoms with van der Waals surface area (Å²) >= 11 is 15.1. The molecule has 0 heterocycles. The largest absolute Gasteiger partial charge is 0.207 e. The van der Waals surface area contributed by atoms with Crippen LogP contribution in [0.5, 0.6) is 0 Å². The first-order chi connectivity index (χ1) is 8.47. The number of benzene rings is 2. The number of hydrogen-bond acceptors (Lipinski definition) is 0. The van der Waals surface area contributed by atoms with Gasteiger partial charge in [-0.05, 0) is 29.8 Å². The highest BCUT2D eigenvalue weighted by atomic mass is 79.9. The lowest BCUT2D eigenvalue weighted by Crippen LogP contribution is -1.97. The van der Waals surface area contributed by atoms with Crippen LogP contribution < -0.4 is 0 Å². The van der Waals surface area contributed by atoms with Crippen LogP contribution in [0.15, 0.2) is 36.4 Å². The van der Waals surface area contributed by atoms with E-state index in [0.29, 0.717) is 21.2 Å². The van der Waals surface area contributed by atoms with Crippen LogP contribution in [0, 0.1) is 11.6 Å². The minimum absolute atomic E-state index is 0.328. The number of rotatable bonds is 2. The molecule has 18 heavy (non-hydrogen) atoms. The Bertz CT molecular complexity index is 567. The lowest BCUT2D eigenvalue weighted by Gasteiger charge is -2.12. The van der Waals surface area contributed by atoms with Crippen molar-refractivity contribution < 1.29 is 8.78 Å². The van der Waals surface area contributed by atoms with E-state index in [1.807, 2.05) is 0 Å². The first-order valence-corrected chi connectivity index (χ1v) is 6.69. The second-order valence-corrected chi connectivity index (χ2v) is 5.52. The summed E-state index contributed by atoms with van der Waals surface area (Å²) in [5, 5.41) is 0.925. The molecule has 0 fully saturated rings. The van der Waals surface area contributed by atoms with Gasteiger partial charge in [-0.25, -0.2) is 8.78 Å². The van der Waals surface area contributed by atoms with Crippen molar-refractivity contribution in [1.82, 2.24) is 0 Å². The van der Waals surface area contributed by atoms with Gasteiger partial charge >= 0.3 is 0 Å². The highest BCUT2D eigenvalue weighted by Gasteiger charge is 2.16. The van der Waals surface area contributed by atoms with Gasteiger partial charge in [0.1, 0.15) is 11.6 Å². The van der Waals surface area contributed by atoms with Gasteiger partial charge in [-0.1, -0.05) is 45.2 Å². The fraction of sp³-hybridized carbons (Fsp3) is 0.0769. The molecule has 0 aliphatic carbocycles. The van der Waals surface area contributed by atoms with Crippen molar-refractivity contribution in [2.75, 3.05) is 0 Å². The van der Waals surface area contributed by atoms with Gasteiger partial charge in [-0.15, -0.1) is 0 Å². The van der Waals surface area contributed by atoms with E-state index in [2.05, 4.69) is 15.9 Å². The molecule has 94 valence electrons. The van der Waals surface area contributed by atoms with E-state index in [4.69, 9.17) is 23.2 Å². The molecule has 0 radical (unpaired) electrons. The molecule has 2 aromatic rings. The van der Waals surface area contributed by atoms with Gasteiger partial charge in [0, 0.05) is 21.7 Å². The van der Waals surface area contributed by atoms with Crippen LogP contribution >= 0.6 is 39.1 Å². The Morgan fingerprint density at radius 2 is 1.56 bits per heavy atom. The first-order valence-electron chi connectivity index (χ1n) is 5.02. The third kappa shape index (κ3) is 3.02. The van der Waals surface area contributed by atoms with Crippen LogP contribution in [0.25, 0.3) is 0 Å². The summed E-state index contributed by atoms with van der Waals surface area (Å²) in [6.45, 7) is 0. The molecule has 0 saturated heterocycles. The summed E-state index contributed by atoms with van der Waals surface area (Å²) < 4.78 is 26.5. The average molecular weight is 352 g/mol. The molecule has 0 aromatic heterocycles. The van der Waals surface area contributed by atoms with Crippen LogP contribution in [0.4, 0.5) is 8.78 Å². The minimum Gasteiger partial charge on any atom is -0.207 e. The van der Waals surface area contributed by atoms with Gasteiger partial charge in [-0.2, -0.15) is 0 Å². The highest BCUT2D eigenvalue weighted by Crippen LogP contribution is 2.35. The fourth-order valence-electron chi connectivity index (χ4n) is 1.61. The van der Waals surface area contributed by atoms with Crippen molar-refractivity contribution in [3.63, 3.8) is 0 Å². The molecule has 1 unspecified atom stereocenters. The molecule has 2 aromatic carbocycles. The fourth-order valence-corrected chi connectivity index (χ4v) is 2.79. The second kappa shape index (κ2) is 5.55. The van der Waals surface area contributed by atoms with Crippen molar-refractivity contribution in [3.8, 4) is 0 Å². The SMILES string of the molecule is Fc1ccc(C(Br)c2cc(Cl)cc(Cl)c2)c(F)c1. The van der Waals surface area contributed by atoms with Gasteiger partial charge in [0.2, 0.25) is 0 Å². The maximum atomic E-state index is 13.7. The smallest absolute Gasteiger partial charge is 0.130 e. The molecule has 0 bridgehead atoms. The van der Waals surface area contributed by atoms with Crippen LogP contribution in [0.1, 0.15) is 16.0 Å². The van der Waals surface area contributed by atoms with Gasteiger partial charge in [0.25, 0.3) is 0 Å². The Morgan fingerprint density at radius 3 is 2.11 bits per heavy atom. The Balaban J connectivity index is 2.44. The summed E-state index contributed by atoms with van der Waals surface area (Å²) in [6, 6.07) is 8.38. The van der Waals surface area contributed by atoms with Crippen LogP contribution in [0.3, 0.4) is 0 Å². The highest BCUT2D eigenvalue weighted by molar-refractivity contribution is 9.09. The maximum absolute atomic E-state index is 13.7. The molecular weight excluding hydrogens is 345 g/mol. The summed E-state index contributed by atoms with van der Waals surface area (Å²) in [5.74, 6) is -1.23. The summed E-state index contributed by atoms with van der Waals surface area (Å²) in [4.78, 5) is -0.436. The van der Waals surface area contributed by atoms with Crippen molar-refractivity contribution in [2.24, 2.45) is 0 Å². The van der Waals surface area contributed by atoms with E-state index < -0.39 is 16.5 Å². The molecular formula is C13H7BrCl2F2. The van der Waals surface area contributed by atoms with E-state index in [0.717, 1.165) is 6.07 Å². The zero-order valence-electron chi connectivity index (χ0n) is 8.93. The molecule has 0 amide bonds. The van der Waals surface area contributed by atoms with Gasteiger partial charge in [0.15, 0.2) is 0 Å². The molecule has 0 N–H and O–H groups in total. The van der Waals surface area contributed by atoms with E-state index in [1.165, 1.54) is 12.1 Å².